The number of phenols is 1. The van der Waals surface area contributed by atoms with Crippen LogP contribution in [0.25, 0.3) is 33.5 Å². The monoisotopic (exact) mass is 746 g/mol. The van der Waals surface area contributed by atoms with E-state index in [-0.39, 0.29) is 24.0 Å². The Morgan fingerprint density at radius 3 is 2.60 bits per heavy atom. The number of methoxy groups -OCH3 is 1. The maximum atomic E-state index is 14.8. The average Bonchev–Trinajstić information content (AvgIpc) is 3.71. The van der Waals surface area contributed by atoms with Crippen molar-refractivity contribution < 1.29 is 28.5 Å². The van der Waals surface area contributed by atoms with E-state index in [1.54, 1.807) is 0 Å². The fourth-order valence-electron chi connectivity index (χ4n) is 8.15. The van der Waals surface area contributed by atoms with E-state index in [2.05, 4.69) is 47.1 Å². The second-order valence-corrected chi connectivity index (χ2v) is 21.8. The first kappa shape index (κ1) is 37.7. The number of piperidine rings is 1. The van der Waals surface area contributed by atoms with Crippen molar-refractivity contribution in [2.24, 2.45) is 0 Å². The predicted molar refractivity (Wildman–Crippen MR) is 206 cm³/mol. The molecule has 2 fully saturated rings. The third kappa shape index (κ3) is 7.82. The first-order valence-corrected chi connectivity index (χ1v) is 23.0. The highest BCUT2D eigenvalue weighted by Gasteiger charge is 2.41. The molecule has 5 heterocycles. The smallest absolute Gasteiger partial charge is 0.323 e. The number of fused-ring (bicyclic) bond motifs is 2. The van der Waals surface area contributed by atoms with E-state index in [1.807, 2.05) is 23.7 Å². The van der Waals surface area contributed by atoms with Crippen LogP contribution in [0, 0.1) is 5.82 Å². The normalized spacial score (nSPS) is 20.6. The van der Waals surface area contributed by atoms with Gasteiger partial charge in [0.25, 0.3) is 0 Å². The topological polar surface area (TPSA) is 107 Å². The number of carbonyl (C=O) groups excluding carboxylic acids is 1. The maximum Gasteiger partial charge on any atom is 0.323 e. The fraction of sp³-hybridized carbons (Fsp3) is 0.575. The fourth-order valence-corrected chi connectivity index (χ4v) is 8.91. The maximum absolute atomic E-state index is 14.8. The van der Waals surface area contributed by atoms with Crippen LogP contribution >= 0.6 is 0 Å². The summed E-state index contributed by atoms with van der Waals surface area (Å²) in [6, 6.07) is 9.91. The highest BCUT2D eigenvalue weighted by molar-refractivity contribution is 6.76. The number of aryl methyl sites for hydroxylation is 1. The molecule has 286 valence electrons. The number of carbonyl (C=O) groups is 1. The lowest BCUT2D eigenvalue weighted by Crippen LogP contribution is -2.54. The van der Waals surface area contributed by atoms with Crippen LogP contribution in [-0.4, -0.2) is 101 Å². The van der Waals surface area contributed by atoms with Crippen LogP contribution in [0.2, 0.25) is 25.7 Å². The molecule has 2 aromatic heterocycles. The Bertz CT molecular complexity index is 1940. The number of benzene rings is 2. The number of esters is 1. The Morgan fingerprint density at radius 2 is 1.91 bits per heavy atom. The molecule has 7 rings (SSSR count). The van der Waals surface area contributed by atoms with Crippen molar-refractivity contribution in [3.63, 3.8) is 0 Å². The number of aromatic nitrogens is 4. The summed E-state index contributed by atoms with van der Waals surface area (Å²) < 4.78 is 37.1. The van der Waals surface area contributed by atoms with Crippen molar-refractivity contribution in [1.29, 1.82) is 0 Å². The molecule has 0 saturated carbocycles. The van der Waals surface area contributed by atoms with Gasteiger partial charge in [0, 0.05) is 45.7 Å². The molecule has 1 N–H and O–H groups in total. The van der Waals surface area contributed by atoms with E-state index < -0.39 is 19.9 Å². The zero-order chi connectivity index (χ0) is 37.4. The minimum atomic E-state index is -1.33. The quantitative estimate of drug-likeness (QED) is 0.0989. The molecule has 2 unspecified atom stereocenters. The number of rotatable bonds is 11. The number of aromatic hydroxyl groups is 1. The summed E-state index contributed by atoms with van der Waals surface area (Å²) in [6.45, 7) is 13.2. The molecule has 2 atom stereocenters. The van der Waals surface area contributed by atoms with Gasteiger partial charge in [0.1, 0.15) is 18.5 Å². The van der Waals surface area contributed by atoms with Crippen LogP contribution in [0.15, 0.2) is 30.3 Å². The minimum absolute atomic E-state index is 0.231. The highest BCUT2D eigenvalue weighted by Crippen LogP contribution is 2.39. The van der Waals surface area contributed by atoms with Crippen LogP contribution in [0.5, 0.6) is 5.75 Å². The first-order valence-electron chi connectivity index (χ1n) is 19.3. The van der Waals surface area contributed by atoms with Gasteiger partial charge in [-0.3, -0.25) is 9.69 Å². The second-order valence-electron chi connectivity index (χ2n) is 16.2. The van der Waals surface area contributed by atoms with Gasteiger partial charge >= 0.3 is 5.97 Å². The molecular weight excluding hydrogens is 692 g/mol. The number of ether oxygens (including phenoxy) is 3. The summed E-state index contributed by atoms with van der Waals surface area (Å²) in [5.74, 6) is -0.523. The van der Waals surface area contributed by atoms with Gasteiger partial charge in [0.05, 0.1) is 24.0 Å². The van der Waals surface area contributed by atoms with Crippen molar-refractivity contribution in [3.8, 4) is 28.4 Å². The molecule has 53 heavy (non-hydrogen) atoms. The molecule has 13 heteroatoms. The van der Waals surface area contributed by atoms with Crippen LogP contribution in [0.1, 0.15) is 62.2 Å². The molecule has 0 aliphatic carbocycles. The highest BCUT2D eigenvalue weighted by atomic mass is 28.3. The molecular formula is C40H55FN6O5Si. The van der Waals surface area contributed by atoms with Crippen molar-refractivity contribution in [2.45, 2.75) is 109 Å². The van der Waals surface area contributed by atoms with E-state index in [0.29, 0.717) is 45.2 Å². The van der Waals surface area contributed by atoms with Crippen molar-refractivity contribution in [1.82, 2.24) is 29.1 Å². The Labute approximate surface area is 313 Å². The Hall–Kier alpha value is -3.62. The molecule has 2 aromatic carbocycles. The minimum Gasteiger partial charge on any atom is -0.505 e. The number of hydrogen-bond donors (Lipinski definition) is 1. The number of likely N-dealkylation sites (tertiary alicyclic amines) is 1. The van der Waals surface area contributed by atoms with Crippen LogP contribution in [-0.2, 0) is 45.1 Å². The molecule has 0 bridgehead atoms. The lowest BCUT2D eigenvalue weighted by molar-refractivity contribution is -0.149. The van der Waals surface area contributed by atoms with E-state index in [1.165, 1.54) is 19.2 Å². The lowest BCUT2D eigenvalue weighted by atomic mass is 9.95. The number of hydrogen-bond acceptors (Lipinski definition) is 9. The zero-order valence-electron chi connectivity index (χ0n) is 32.2. The second kappa shape index (κ2) is 15.6. The predicted octanol–water partition coefficient (Wildman–Crippen LogP) is 6.98. The van der Waals surface area contributed by atoms with Crippen LogP contribution in [0.3, 0.4) is 0 Å². The molecule has 4 aromatic rings. The van der Waals surface area contributed by atoms with Gasteiger partial charge in [0.15, 0.2) is 23.6 Å². The Morgan fingerprint density at radius 1 is 1.11 bits per heavy atom. The van der Waals surface area contributed by atoms with Gasteiger partial charge in [-0.2, -0.15) is 5.10 Å². The number of halogens is 1. The van der Waals surface area contributed by atoms with E-state index in [0.717, 1.165) is 95.9 Å². The summed E-state index contributed by atoms with van der Waals surface area (Å²) in [7, 11) is 2.29. The van der Waals surface area contributed by atoms with Gasteiger partial charge in [-0.1, -0.05) is 32.6 Å². The van der Waals surface area contributed by atoms with Gasteiger partial charge in [-0.05, 0) is 106 Å². The van der Waals surface area contributed by atoms with E-state index >= 15 is 0 Å². The van der Waals surface area contributed by atoms with Crippen molar-refractivity contribution >= 4 is 24.9 Å². The zero-order valence-corrected chi connectivity index (χ0v) is 33.2. The number of nitrogens with zero attached hydrogens (tertiary/aromatic N) is 6. The Balaban J connectivity index is 1.36. The summed E-state index contributed by atoms with van der Waals surface area (Å²) in [5.41, 5.74) is 5.94. The summed E-state index contributed by atoms with van der Waals surface area (Å²) >= 11 is 0. The molecule has 11 nitrogen and oxygen atoms in total. The average molecular weight is 747 g/mol. The number of imidazole rings is 1. The van der Waals surface area contributed by atoms with Gasteiger partial charge in [-0.15, -0.1) is 0 Å². The summed E-state index contributed by atoms with van der Waals surface area (Å²) in [4.78, 5) is 23.3. The molecule has 3 aliphatic heterocycles. The van der Waals surface area contributed by atoms with Gasteiger partial charge in [0.2, 0.25) is 0 Å². The molecule has 0 spiro atoms. The van der Waals surface area contributed by atoms with Crippen LogP contribution in [0.4, 0.5) is 4.39 Å². The van der Waals surface area contributed by atoms with Gasteiger partial charge < -0.3 is 28.8 Å². The molecule has 2 saturated heterocycles. The SMILES string of the molecule is CCc1cc(O)c(F)cc1-c1ccc2c(-c3nc4c(n3COCC[Si](C)(C)C)CN(C3CCN(C)CC3)C(C(=O)OC)C4)nn(C3CCCCO3)c2c1. The van der Waals surface area contributed by atoms with Gasteiger partial charge in [-0.25, -0.2) is 14.1 Å². The van der Waals surface area contributed by atoms with Crippen molar-refractivity contribution in [2.75, 3.05) is 40.5 Å². The molecule has 0 radical (unpaired) electrons. The van der Waals surface area contributed by atoms with Crippen molar-refractivity contribution in [3.05, 3.63) is 53.1 Å². The Kier molecular flexibility index (Phi) is 11.1. The van der Waals surface area contributed by atoms with Crippen LogP contribution < -0.4 is 0 Å². The summed E-state index contributed by atoms with van der Waals surface area (Å²) in [5, 5.41) is 16.3. The summed E-state index contributed by atoms with van der Waals surface area (Å²) in [6.07, 6.45) is 5.65. The van der Waals surface area contributed by atoms with E-state index in [4.69, 9.17) is 24.3 Å². The third-order valence-corrected chi connectivity index (χ3v) is 13.0. The largest absolute Gasteiger partial charge is 0.505 e. The lowest BCUT2D eigenvalue weighted by Gasteiger charge is -2.42. The van der Waals surface area contributed by atoms with E-state index in [9.17, 15) is 14.3 Å². The first-order chi connectivity index (χ1) is 25.5. The molecule has 0 amide bonds. The third-order valence-electron chi connectivity index (χ3n) is 11.3. The molecule has 3 aliphatic rings. The number of phenolic OH excluding ortho intramolecular Hbond substituents is 1. The standard InChI is InChI=1S/C40H55FN6O5Si/c1-7-26-21-36(48)31(41)22-30(26)27-11-12-29-33(20-27)47(37-10-8-9-17-52-37)43-38(29)39-42-32-23-34(40(49)50-3)45(28-13-15-44(2)16-14-28)24-35(32)46(39)25-51-18-19-53(4,5)6/h11-12,20-22,28,34,37,48H,7-10,13-19,23-25H2,1-6H3.